The van der Waals surface area contributed by atoms with E-state index in [9.17, 15) is 9.59 Å². The lowest BCUT2D eigenvalue weighted by Crippen LogP contribution is -2.50. The molecule has 0 bridgehead atoms. The largest absolute Gasteiger partial charge is 0.339 e. The molecular weight excluding hydrogens is 316 g/mol. The zero-order valence-corrected chi connectivity index (χ0v) is 15.2. The summed E-state index contributed by atoms with van der Waals surface area (Å²) in [4.78, 5) is 29.4. The predicted molar refractivity (Wildman–Crippen MR) is 98.6 cm³/mol. The molecular formula is C19H26N4O2. The maximum Gasteiger partial charge on any atom is 0.275 e. The topological polar surface area (TPSA) is 58.4 Å². The Kier molecular flexibility index (Phi) is 5.18. The van der Waals surface area contributed by atoms with Crippen molar-refractivity contribution in [1.82, 2.24) is 19.6 Å². The lowest BCUT2D eigenvalue weighted by molar-refractivity contribution is -0.133. The zero-order valence-electron chi connectivity index (χ0n) is 15.2. The second-order valence-corrected chi connectivity index (χ2v) is 7.17. The molecule has 25 heavy (non-hydrogen) atoms. The minimum atomic E-state index is -0.201. The second kappa shape index (κ2) is 7.35. The van der Waals surface area contributed by atoms with Gasteiger partial charge in [-0.05, 0) is 18.9 Å². The van der Waals surface area contributed by atoms with Crippen molar-refractivity contribution in [3.8, 4) is 0 Å². The molecule has 0 unspecified atom stereocenters. The Morgan fingerprint density at radius 3 is 2.40 bits per heavy atom. The van der Waals surface area contributed by atoms with Crippen molar-refractivity contribution in [3.05, 3.63) is 40.3 Å². The smallest absolute Gasteiger partial charge is 0.275 e. The minimum absolute atomic E-state index is 0.00862. The van der Waals surface area contributed by atoms with E-state index in [4.69, 9.17) is 0 Å². The van der Waals surface area contributed by atoms with E-state index in [1.807, 2.05) is 30.0 Å². The molecule has 1 aromatic heterocycles. The highest BCUT2D eigenvalue weighted by Gasteiger charge is 2.22. The van der Waals surface area contributed by atoms with Gasteiger partial charge in [0.15, 0.2) is 0 Å². The third-order valence-electron chi connectivity index (χ3n) is 4.69. The van der Waals surface area contributed by atoms with E-state index in [2.05, 4.69) is 23.8 Å². The van der Waals surface area contributed by atoms with Crippen LogP contribution in [-0.4, -0.2) is 58.2 Å². The molecule has 0 N–H and O–H groups in total. The molecule has 1 aliphatic heterocycles. The molecule has 3 rings (SSSR count). The summed E-state index contributed by atoms with van der Waals surface area (Å²) in [6.07, 6.45) is 0. The molecule has 1 fully saturated rings. The van der Waals surface area contributed by atoms with Crippen molar-refractivity contribution in [2.45, 2.75) is 27.3 Å². The van der Waals surface area contributed by atoms with Gasteiger partial charge in [-0.25, -0.2) is 4.68 Å². The number of hydrogen-bond acceptors (Lipinski definition) is 4. The van der Waals surface area contributed by atoms with Gasteiger partial charge < -0.3 is 4.90 Å². The molecule has 0 spiro atoms. The van der Waals surface area contributed by atoms with Crippen LogP contribution in [0, 0.1) is 12.8 Å². The first-order chi connectivity index (χ1) is 12.0. The van der Waals surface area contributed by atoms with Crippen molar-refractivity contribution in [3.63, 3.8) is 0 Å². The van der Waals surface area contributed by atoms with Gasteiger partial charge in [0.05, 0.1) is 11.1 Å². The highest BCUT2D eigenvalue weighted by molar-refractivity contribution is 5.83. The van der Waals surface area contributed by atoms with Gasteiger partial charge in [0, 0.05) is 38.1 Å². The molecule has 0 atom stereocenters. The fourth-order valence-corrected chi connectivity index (χ4v) is 3.44. The van der Waals surface area contributed by atoms with Crippen molar-refractivity contribution >= 4 is 16.7 Å². The number of aromatic nitrogens is 2. The highest BCUT2D eigenvalue weighted by atomic mass is 16.2. The Morgan fingerprint density at radius 2 is 1.76 bits per heavy atom. The van der Waals surface area contributed by atoms with Crippen molar-refractivity contribution < 1.29 is 4.79 Å². The van der Waals surface area contributed by atoms with E-state index in [-0.39, 0.29) is 18.0 Å². The van der Waals surface area contributed by atoms with Crippen molar-refractivity contribution in [2.24, 2.45) is 5.92 Å². The lowest BCUT2D eigenvalue weighted by atomic mass is 10.1. The standard InChI is InChI=1S/C19H26N4O2/c1-14(2)12-21-8-10-22(11-9-21)18(24)13-23-19(25)17-7-5-4-6-16(17)15(3)20-23/h4-7,14H,8-13H2,1-3H3. The normalized spacial score (nSPS) is 15.9. The van der Waals surface area contributed by atoms with Crippen LogP contribution in [0.25, 0.3) is 10.8 Å². The molecule has 0 aliphatic carbocycles. The SMILES string of the molecule is Cc1nn(CC(=O)N2CCN(CC(C)C)CC2)c(=O)c2ccccc12. The Labute approximate surface area is 148 Å². The third kappa shape index (κ3) is 3.90. The van der Waals surface area contributed by atoms with E-state index in [0.717, 1.165) is 30.7 Å². The maximum absolute atomic E-state index is 12.6. The monoisotopic (exact) mass is 342 g/mol. The number of rotatable bonds is 4. The molecule has 2 heterocycles. The van der Waals surface area contributed by atoms with Crippen LogP contribution in [0.1, 0.15) is 19.5 Å². The predicted octanol–water partition coefficient (Wildman–Crippen LogP) is 1.51. The van der Waals surface area contributed by atoms with Crippen LogP contribution >= 0.6 is 0 Å². The lowest BCUT2D eigenvalue weighted by Gasteiger charge is -2.35. The molecule has 134 valence electrons. The summed E-state index contributed by atoms with van der Waals surface area (Å²) in [6, 6.07) is 7.41. The molecule has 1 aromatic carbocycles. The molecule has 6 nitrogen and oxygen atoms in total. The van der Waals surface area contributed by atoms with Crippen LogP contribution in [0.3, 0.4) is 0 Å². The summed E-state index contributed by atoms with van der Waals surface area (Å²) in [5, 5.41) is 5.80. The molecule has 1 amide bonds. The summed E-state index contributed by atoms with van der Waals surface area (Å²) in [5.74, 6) is 0.596. The Morgan fingerprint density at radius 1 is 1.12 bits per heavy atom. The van der Waals surface area contributed by atoms with Gasteiger partial charge in [-0.1, -0.05) is 32.0 Å². The van der Waals surface area contributed by atoms with Gasteiger partial charge in [-0.15, -0.1) is 0 Å². The third-order valence-corrected chi connectivity index (χ3v) is 4.69. The van der Waals surface area contributed by atoms with E-state index < -0.39 is 0 Å². The zero-order chi connectivity index (χ0) is 18.0. The van der Waals surface area contributed by atoms with Gasteiger partial charge in [-0.2, -0.15) is 5.10 Å². The minimum Gasteiger partial charge on any atom is -0.339 e. The van der Waals surface area contributed by atoms with Crippen LogP contribution in [-0.2, 0) is 11.3 Å². The summed E-state index contributed by atoms with van der Waals surface area (Å²) < 4.78 is 1.31. The first kappa shape index (κ1) is 17.6. The number of carbonyl (C=O) groups excluding carboxylic acids is 1. The summed E-state index contributed by atoms with van der Waals surface area (Å²) in [6.45, 7) is 10.6. The molecule has 0 radical (unpaired) electrons. The number of piperazine rings is 1. The number of nitrogens with zero attached hydrogens (tertiary/aromatic N) is 4. The molecule has 1 aliphatic rings. The molecule has 6 heteroatoms. The summed E-state index contributed by atoms with van der Waals surface area (Å²) in [5.41, 5.74) is 0.567. The van der Waals surface area contributed by atoms with Crippen LogP contribution in [0.4, 0.5) is 0 Å². The number of aryl methyl sites for hydroxylation is 1. The first-order valence-corrected chi connectivity index (χ1v) is 8.92. The number of fused-ring (bicyclic) bond motifs is 1. The van der Waals surface area contributed by atoms with Gasteiger partial charge in [0.25, 0.3) is 5.56 Å². The van der Waals surface area contributed by atoms with Crippen LogP contribution < -0.4 is 5.56 Å². The average Bonchev–Trinajstić information content (AvgIpc) is 2.59. The summed E-state index contributed by atoms with van der Waals surface area (Å²) >= 11 is 0. The van der Waals surface area contributed by atoms with E-state index in [1.165, 1.54) is 4.68 Å². The van der Waals surface area contributed by atoms with E-state index >= 15 is 0 Å². The van der Waals surface area contributed by atoms with Gasteiger partial charge in [0.2, 0.25) is 5.91 Å². The van der Waals surface area contributed by atoms with Crippen molar-refractivity contribution in [2.75, 3.05) is 32.7 Å². The summed E-state index contributed by atoms with van der Waals surface area (Å²) in [7, 11) is 0. The number of carbonyl (C=O) groups is 1. The first-order valence-electron chi connectivity index (χ1n) is 8.92. The molecule has 1 saturated heterocycles. The second-order valence-electron chi connectivity index (χ2n) is 7.17. The van der Waals surface area contributed by atoms with Gasteiger partial charge in [-0.3, -0.25) is 14.5 Å². The fraction of sp³-hybridized carbons (Fsp3) is 0.526. The highest BCUT2D eigenvalue weighted by Crippen LogP contribution is 2.12. The number of hydrogen-bond donors (Lipinski definition) is 0. The molecule has 0 saturated carbocycles. The average molecular weight is 342 g/mol. The van der Waals surface area contributed by atoms with Gasteiger partial charge >= 0.3 is 0 Å². The molecule has 2 aromatic rings. The quantitative estimate of drug-likeness (QED) is 0.845. The Bertz CT molecular complexity index is 820. The van der Waals surface area contributed by atoms with Crippen LogP contribution in [0.15, 0.2) is 29.1 Å². The maximum atomic E-state index is 12.6. The van der Waals surface area contributed by atoms with Crippen LogP contribution in [0.5, 0.6) is 0 Å². The number of amides is 1. The van der Waals surface area contributed by atoms with Crippen molar-refractivity contribution in [1.29, 1.82) is 0 Å². The van der Waals surface area contributed by atoms with Crippen LogP contribution in [0.2, 0.25) is 0 Å². The van der Waals surface area contributed by atoms with E-state index in [0.29, 0.717) is 24.4 Å². The number of benzene rings is 1. The fourth-order valence-electron chi connectivity index (χ4n) is 3.44. The Hall–Kier alpha value is -2.21. The Balaban J connectivity index is 1.71. The van der Waals surface area contributed by atoms with E-state index in [1.54, 1.807) is 6.07 Å². The van der Waals surface area contributed by atoms with Gasteiger partial charge in [0.1, 0.15) is 6.54 Å².